The number of hydrogen-bond donors (Lipinski definition) is 1. The summed E-state index contributed by atoms with van der Waals surface area (Å²) in [5.74, 6) is -0.362. The fourth-order valence-corrected chi connectivity index (χ4v) is 5.86. The van der Waals surface area contributed by atoms with Crippen LogP contribution in [0.15, 0.2) is 29.1 Å². The predicted octanol–water partition coefficient (Wildman–Crippen LogP) is 4.15. The van der Waals surface area contributed by atoms with Crippen LogP contribution in [0.1, 0.15) is 46.1 Å². The number of carbonyl (C=O) groups is 1. The average Bonchev–Trinajstić information content (AvgIpc) is 3.29. The van der Waals surface area contributed by atoms with E-state index in [4.69, 9.17) is 9.72 Å². The summed E-state index contributed by atoms with van der Waals surface area (Å²) in [5.41, 5.74) is 0.193. The third kappa shape index (κ3) is 5.72. The molecular weight excluding hydrogens is 527 g/mol. The van der Waals surface area contributed by atoms with Gasteiger partial charge in [0, 0.05) is 43.8 Å². The molecule has 11 heteroatoms. The van der Waals surface area contributed by atoms with Gasteiger partial charge in [0.2, 0.25) is 0 Å². The van der Waals surface area contributed by atoms with E-state index in [0.717, 1.165) is 19.4 Å². The molecule has 2 aromatic heterocycles. The topological polar surface area (TPSA) is 104 Å². The largest absolute Gasteiger partial charge is 0.507 e. The number of amides is 1. The standard InChI is InChI=1S/C30H39FN6O4/c1-18-9-7-11-23(38)24(18)25-22(31)15-21-26(32-25)37(17-20-10-8-12-34(20)6)28(39)33-27(21)36-14-13-35(16-19(36)2)29(40)41-30(3,4)5/h7,9,11,15,19-20,38H,8,10,12-14,16-17H2,1-6H3. The highest BCUT2D eigenvalue weighted by atomic mass is 19.1. The third-order valence-corrected chi connectivity index (χ3v) is 7.99. The lowest BCUT2D eigenvalue weighted by molar-refractivity contribution is 0.0218. The van der Waals surface area contributed by atoms with Gasteiger partial charge in [-0.15, -0.1) is 0 Å². The number of phenolic OH excluding ortho intramolecular Hbond substituents is 1. The normalized spacial score (nSPS) is 20.2. The van der Waals surface area contributed by atoms with Crippen molar-refractivity contribution >= 4 is 22.9 Å². The van der Waals surface area contributed by atoms with Crippen molar-refractivity contribution in [2.45, 2.75) is 71.7 Å². The molecule has 0 saturated carbocycles. The summed E-state index contributed by atoms with van der Waals surface area (Å²) >= 11 is 0. The molecule has 2 atom stereocenters. The fourth-order valence-electron chi connectivity index (χ4n) is 5.86. The van der Waals surface area contributed by atoms with Crippen LogP contribution in [0.4, 0.5) is 15.0 Å². The second-order valence-electron chi connectivity index (χ2n) is 12.2. The number of halogens is 1. The first-order valence-corrected chi connectivity index (χ1v) is 14.2. The maximum Gasteiger partial charge on any atom is 0.410 e. The minimum Gasteiger partial charge on any atom is -0.507 e. The van der Waals surface area contributed by atoms with E-state index in [1.807, 2.05) is 39.6 Å². The Morgan fingerprint density at radius 1 is 1.20 bits per heavy atom. The van der Waals surface area contributed by atoms with E-state index >= 15 is 4.39 Å². The number of fused-ring (bicyclic) bond motifs is 1. The van der Waals surface area contributed by atoms with Gasteiger partial charge in [-0.05, 0) is 78.7 Å². The zero-order valence-corrected chi connectivity index (χ0v) is 24.6. The fraction of sp³-hybridized carbons (Fsp3) is 0.533. The Morgan fingerprint density at radius 2 is 1.95 bits per heavy atom. The molecule has 0 radical (unpaired) electrons. The zero-order chi connectivity index (χ0) is 29.6. The van der Waals surface area contributed by atoms with Crippen LogP contribution in [0.2, 0.25) is 0 Å². The lowest BCUT2D eigenvalue weighted by atomic mass is 10.0. The molecule has 3 aromatic rings. The van der Waals surface area contributed by atoms with E-state index in [1.54, 1.807) is 24.0 Å². The number of piperazine rings is 1. The number of likely N-dealkylation sites (N-methyl/N-ethyl adjacent to an activating group) is 1. The molecule has 41 heavy (non-hydrogen) atoms. The van der Waals surface area contributed by atoms with E-state index in [-0.39, 0.29) is 23.5 Å². The van der Waals surface area contributed by atoms with Crippen LogP contribution < -0.4 is 10.6 Å². The van der Waals surface area contributed by atoms with Crippen molar-refractivity contribution in [1.82, 2.24) is 24.3 Å². The first-order chi connectivity index (χ1) is 19.3. The Kier molecular flexibility index (Phi) is 7.67. The number of hydrogen-bond acceptors (Lipinski definition) is 8. The minimum absolute atomic E-state index is 0.0130. The Labute approximate surface area is 239 Å². The van der Waals surface area contributed by atoms with E-state index in [9.17, 15) is 14.7 Å². The molecule has 4 heterocycles. The summed E-state index contributed by atoms with van der Waals surface area (Å²) in [6.45, 7) is 11.6. The number of benzene rings is 1. The number of anilines is 1. The van der Waals surface area contributed by atoms with E-state index < -0.39 is 23.2 Å². The molecule has 10 nitrogen and oxygen atoms in total. The van der Waals surface area contributed by atoms with Gasteiger partial charge in [-0.1, -0.05) is 12.1 Å². The summed E-state index contributed by atoms with van der Waals surface area (Å²) in [4.78, 5) is 41.3. The van der Waals surface area contributed by atoms with Crippen molar-refractivity contribution in [3.63, 3.8) is 0 Å². The number of aryl methyl sites for hydroxylation is 1. The summed E-state index contributed by atoms with van der Waals surface area (Å²) < 4.78 is 22.9. The lowest BCUT2D eigenvalue weighted by Gasteiger charge is -2.41. The molecule has 5 rings (SSSR count). The maximum absolute atomic E-state index is 15.8. The number of carbonyl (C=O) groups excluding carboxylic acids is 1. The van der Waals surface area contributed by atoms with E-state index in [1.165, 1.54) is 16.7 Å². The van der Waals surface area contributed by atoms with Crippen molar-refractivity contribution < 1.29 is 19.0 Å². The number of aromatic nitrogens is 3. The second-order valence-corrected chi connectivity index (χ2v) is 12.2. The SMILES string of the molecule is Cc1cccc(O)c1-c1nc2c(cc1F)c(N1CCN(C(=O)OC(C)(C)C)CC1C)nc(=O)n2CC1CCCN1C. The van der Waals surface area contributed by atoms with Crippen LogP contribution in [0.5, 0.6) is 5.75 Å². The monoisotopic (exact) mass is 566 g/mol. The molecule has 1 aromatic carbocycles. The Bertz CT molecular complexity index is 1510. The number of aromatic hydroxyl groups is 1. The van der Waals surface area contributed by atoms with Crippen molar-refractivity contribution in [3.8, 4) is 17.0 Å². The smallest absolute Gasteiger partial charge is 0.410 e. The quantitative estimate of drug-likeness (QED) is 0.502. The first-order valence-electron chi connectivity index (χ1n) is 14.2. The number of phenols is 1. The van der Waals surface area contributed by atoms with Crippen molar-refractivity contribution in [3.05, 3.63) is 46.1 Å². The molecule has 220 valence electrons. The second kappa shape index (κ2) is 10.9. The van der Waals surface area contributed by atoms with Gasteiger partial charge in [0.05, 0.1) is 5.39 Å². The molecule has 2 saturated heterocycles. The zero-order valence-electron chi connectivity index (χ0n) is 24.6. The number of ether oxygens (including phenoxy) is 1. The van der Waals surface area contributed by atoms with Crippen molar-refractivity contribution in [1.29, 1.82) is 0 Å². The van der Waals surface area contributed by atoms with Crippen LogP contribution in [-0.4, -0.2) is 86.4 Å². The van der Waals surface area contributed by atoms with Crippen LogP contribution in [0.3, 0.4) is 0 Å². The Balaban J connectivity index is 1.61. The molecule has 2 aliphatic heterocycles. The van der Waals surface area contributed by atoms with Gasteiger partial charge in [-0.25, -0.2) is 19.0 Å². The van der Waals surface area contributed by atoms with Crippen molar-refractivity contribution in [2.75, 3.05) is 38.1 Å². The highest BCUT2D eigenvalue weighted by Gasteiger charge is 2.33. The lowest BCUT2D eigenvalue weighted by Crippen LogP contribution is -2.55. The summed E-state index contributed by atoms with van der Waals surface area (Å²) in [6.07, 6.45) is 1.57. The Morgan fingerprint density at radius 3 is 2.59 bits per heavy atom. The minimum atomic E-state index is -0.617. The third-order valence-electron chi connectivity index (χ3n) is 7.99. The van der Waals surface area contributed by atoms with Gasteiger partial charge < -0.3 is 24.5 Å². The van der Waals surface area contributed by atoms with Gasteiger partial charge in [0.15, 0.2) is 5.82 Å². The van der Waals surface area contributed by atoms with Crippen molar-refractivity contribution in [2.24, 2.45) is 0 Å². The number of likely N-dealkylation sites (tertiary alicyclic amines) is 1. The highest BCUT2D eigenvalue weighted by molar-refractivity contribution is 5.90. The molecular formula is C30H39FN6O4. The van der Waals surface area contributed by atoms with Crippen LogP contribution in [0.25, 0.3) is 22.3 Å². The molecule has 2 unspecified atom stereocenters. The Hall–Kier alpha value is -3.73. The number of rotatable bonds is 4. The number of pyridine rings is 1. The van der Waals surface area contributed by atoms with Crippen LogP contribution in [0, 0.1) is 12.7 Å². The summed E-state index contributed by atoms with van der Waals surface area (Å²) in [6, 6.07) is 6.25. The van der Waals surface area contributed by atoms with Crippen LogP contribution in [-0.2, 0) is 11.3 Å². The molecule has 1 N–H and O–H groups in total. The van der Waals surface area contributed by atoms with E-state index in [0.29, 0.717) is 54.2 Å². The summed E-state index contributed by atoms with van der Waals surface area (Å²) in [7, 11) is 2.03. The molecule has 2 fully saturated rings. The van der Waals surface area contributed by atoms with Gasteiger partial charge in [-0.3, -0.25) is 4.57 Å². The van der Waals surface area contributed by atoms with Gasteiger partial charge in [0.1, 0.15) is 28.5 Å². The molecule has 0 bridgehead atoms. The van der Waals surface area contributed by atoms with E-state index in [2.05, 4.69) is 9.88 Å². The van der Waals surface area contributed by atoms with Gasteiger partial charge >= 0.3 is 11.8 Å². The summed E-state index contributed by atoms with van der Waals surface area (Å²) in [5, 5.41) is 11.0. The number of nitrogens with zero attached hydrogens (tertiary/aromatic N) is 6. The molecule has 0 spiro atoms. The first kappa shape index (κ1) is 28.8. The maximum atomic E-state index is 15.8. The molecule has 2 aliphatic rings. The molecule has 0 aliphatic carbocycles. The predicted molar refractivity (Wildman–Crippen MR) is 156 cm³/mol. The van der Waals surface area contributed by atoms with Crippen LogP contribution >= 0.6 is 0 Å². The highest BCUT2D eigenvalue weighted by Crippen LogP contribution is 2.36. The van der Waals surface area contributed by atoms with Gasteiger partial charge in [0.25, 0.3) is 0 Å². The van der Waals surface area contributed by atoms with Gasteiger partial charge in [-0.2, -0.15) is 4.98 Å². The average molecular weight is 567 g/mol. The molecule has 1 amide bonds.